The van der Waals surface area contributed by atoms with Crippen molar-refractivity contribution in [2.75, 3.05) is 12.0 Å². The third-order valence-electron chi connectivity index (χ3n) is 8.70. The Hall–Kier alpha value is -3.58. The molecule has 2 unspecified atom stereocenters. The van der Waals surface area contributed by atoms with E-state index in [4.69, 9.17) is 9.47 Å². The first kappa shape index (κ1) is 28.9. The number of allylic oxidation sites excluding steroid dienone is 4. The number of carbonyl (C=O) groups excluding carboxylic acids is 1. The second-order valence-electron chi connectivity index (χ2n) is 12.2. The minimum absolute atomic E-state index is 0.129. The predicted octanol–water partition coefficient (Wildman–Crippen LogP) is 6.96. The smallest absolute Gasteiger partial charge is 0.337 e. The number of aromatic carboxylic acids is 1. The van der Waals surface area contributed by atoms with Crippen LogP contribution in [0.25, 0.3) is 0 Å². The van der Waals surface area contributed by atoms with E-state index >= 15 is 0 Å². The summed E-state index contributed by atoms with van der Waals surface area (Å²) in [5.74, 6) is 0.0228. The van der Waals surface area contributed by atoms with Crippen LogP contribution in [0, 0.1) is 0 Å². The highest BCUT2D eigenvalue weighted by molar-refractivity contribution is 6.14. The van der Waals surface area contributed by atoms with Gasteiger partial charge in [-0.25, -0.2) is 4.79 Å². The lowest BCUT2D eigenvalue weighted by molar-refractivity contribution is -0.0597. The Morgan fingerprint density at radius 1 is 1.17 bits per heavy atom. The van der Waals surface area contributed by atoms with Crippen molar-refractivity contribution in [1.82, 2.24) is 0 Å². The lowest BCUT2D eigenvalue weighted by atomic mass is 9.84. The maximum Gasteiger partial charge on any atom is 0.337 e. The van der Waals surface area contributed by atoms with Crippen LogP contribution in [0.15, 0.2) is 47.6 Å². The number of ether oxygens (including phenoxy) is 2. The molecule has 1 fully saturated rings. The molecule has 218 valence electrons. The first-order valence-corrected chi connectivity index (χ1v) is 14.6. The Kier molecular flexibility index (Phi) is 8.02. The average Bonchev–Trinajstić information content (AvgIpc) is 3.72. The van der Waals surface area contributed by atoms with Crippen molar-refractivity contribution in [3.63, 3.8) is 0 Å². The van der Waals surface area contributed by atoms with Gasteiger partial charge in [-0.15, -0.1) is 0 Å². The molecular formula is C34H41NO6. The largest absolute Gasteiger partial charge is 0.496 e. The minimum atomic E-state index is -1.05. The quantitative estimate of drug-likeness (QED) is 0.306. The summed E-state index contributed by atoms with van der Waals surface area (Å²) in [6, 6.07) is 6.97. The highest BCUT2D eigenvalue weighted by Gasteiger charge is 2.45. The number of hydrogen-bond acceptors (Lipinski definition) is 5. The van der Waals surface area contributed by atoms with Crippen molar-refractivity contribution < 1.29 is 29.3 Å². The fourth-order valence-corrected chi connectivity index (χ4v) is 6.11. The summed E-state index contributed by atoms with van der Waals surface area (Å²) in [7, 11) is 1.55. The zero-order valence-corrected chi connectivity index (χ0v) is 24.8. The van der Waals surface area contributed by atoms with Crippen molar-refractivity contribution in [3.05, 3.63) is 75.4 Å². The predicted molar refractivity (Wildman–Crippen MR) is 159 cm³/mol. The molecule has 2 aromatic rings. The van der Waals surface area contributed by atoms with Gasteiger partial charge in [0, 0.05) is 17.5 Å². The van der Waals surface area contributed by atoms with Gasteiger partial charge in [0.1, 0.15) is 17.1 Å². The van der Waals surface area contributed by atoms with Crippen LogP contribution < -0.4 is 14.4 Å². The van der Waals surface area contributed by atoms with Crippen LogP contribution in [0.5, 0.6) is 11.5 Å². The van der Waals surface area contributed by atoms with Crippen LogP contribution in [-0.4, -0.2) is 40.9 Å². The number of para-hydroxylation sites is 1. The number of anilines is 1. The highest BCUT2D eigenvalue weighted by atomic mass is 16.5. The van der Waals surface area contributed by atoms with Crippen molar-refractivity contribution in [2.24, 2.45) is 0 Å². The normalized spacial score (nSPS) is 21.7. The lowest BCUT2D eigenvalue weighted by Gasteiger charge is -2.41. The van der Waals surface area contributed by atoms with Crippen LogP contribution >= 0.6 is 0 Å². The monoisotopic (exact) mass is 559 g/mol. The van der Waals surface area contributed by atoms with Gasteiger partial charge in [-0.3, -0.25) is 4.79 Å². The van der Waals surface area contributed by atoms with Gasteiger partial charge >= 0.3 is 5.97 Å². The molecule has 0 aromatic heterocycles. The van der Waals surface area contributed by atoms with Gasteiger partial charge in [-0.05, 0) is 89.8 Å². The topological polar surface area (TPSA) is 96.3 Å². The number of aliphatic hydroxyl groups excluding tert-OH is 1. The first-order chi connectivity index (χ1) is 19.5. The van der Waals surface area contributed by atoms with E-state index in [1.54, 1.807) is 30.2 Å². The molecule has 2 N–H and O–H groups in total. The van der Waals surface area contributed by atoms with Gasteiger partial charge < -0.3 is 24.6 Å². The number of rotatable bonds is 10. The second-order valence-corrected chi connectivity index (χ2v) is 12.2. The van der Waals surface area contributed by atoms with Crippen molar-refractivity contribution in [3.8, 4) is 11.5 Å². The third kappa shape index (κ3) is 5.65. The molecule has 7 nitrogen and oxygen atoms in total. The number of fused-ring (bicyclic) bond motifs is 3. The molecule has 2 heterocycles. The molecule has 1 amide bonds. The van der Waals surface area contributed by atoms with E-state index in [1.165, 1.54) is 11.1 Å². The summed E-state index contributed by atoms with van der Waals surface area (Å²) in [4.78, 5) is 27.7. The third-order valence-corrected chi connectivity index (χ3v) is 8.70. The molecular weight excluding hydrogens is 518 g/mol. The molecule has 0 bridgehead atoms. The fraction of sp³-hybridized carbons (Fsp3) is 0.471. The molecule has 3 aliphatic rings. The molecule has 5 rings (SSSR count). The Morgan fingerprint density at radius 2 is 1.93 bits per heavy atom. The molecule has 0 saturated heterocycles. The van der Waals surface area contributed by atoms with E-state index in [-0.39, 0.29) is 23.9 Å². The number of aliphatic hydroxyl groups is 1. The number of carboxylic acids is 1. The molecule has 2 atom stereocenters. The van der Waals surface area contributed by atoms with Crippen LogP contribution in [0.3, 0.4) is 0 Å². The SMILES string of the molecule is COc1cc2c(c3c1CC(O)C(C)(CC/C=C(\C)CCC=C(C)C)O3)CN(c1c(C(=O)O)cccc1C1CC1)C2=O. The van der Waals surface area contributed by atoms with Gasteiger partial charge in [0.2, 0.25) is 0 Å². The Bertz CT molecular complexity index is 1430. The average molecular weight is 560 g/mol. The van der Waals surface area contributed by atoms with Crippen LogP contribution in [0.2, 0.25) is 0 Å². The van der Waals surface area contributed by atoms with Crippen LogP contribution in [0.1, 0.15) is 110 Å². The molecule has 0 radical (unpaired) electrons. The van der Waals surface area contributed by atoms with Gasteiger partial charge in [-0.1, -0.05) is 35.4 Å². The Morgan fingerprint density at radius 3 is 2.59 bits per heavy atom. The molecule has 1 aliphatic carbocycles. The number of nitrogens with zero attached hydrogens (tertiary/aromatic N) is 1. The summed E-state index contributed by atoms with van der Waals surface area (Å²) in [6.45, 7) is 8.49. The van der Waals surface area contributed by atoms with Crippen molar-refractivity contribution in [1.29, 1.82) is 0 Å². The van der Waals surface area contributed by atoms with E-state index in [0.717, 1.165) is 48.8 Å². The molecule has 2 aromatic carbocycles. The van der Waals surface area contributed by atoms with Gasteiger partial charge in [0.25, 0.3) is 5.91 Å². The van der Waals surface area contributed by atoms with Gasteiger partial charge in [-0.2, -0.15) is 0 Å². The zero-order valence-electron chi connectivity index (χ0n) is 24.8. The number of carbonyl (C=O) groups is 2. The summed E-state index contributed by atoms with van der Waals surface area (Å²) in [5, 5.41) is 21.2. The highest BCUT2D eigenvalue weighted by Crippen LogP contribution is 2.50. The molecule has 2 aliphatic heterocycles. The molecule has 0 spiro atoms. The Labute approximate surface area is 242 Å². The number of carboxylic acid groups (broad SMARTS) is 1. The minimum Gasteiger partial charge on any atom is -0.496 e. The lowest BCUT2D eigenvalue weighted by Crippen LogP contribution is -2.49. The second kappa shape index (κ2) is 11.4. The number of hydrogen-bond donors (Lipinski definition) is 2. The fourth-order valence-electron chi connectivity index (χ4n) is 6.11. The van der Waals surface area contributed by atoms with E-state index in [1.807, 2.05) is 13.0 Å². The standard InChI is InChI=1S/C34H41NO6/c1-20(2)9-6-10-21(3)11-8-16-34(4)29(36)18-26-28(40-5)17-25-27(31(26)41-34)19-35(32(25)37)30-23(22-14-15-22)12-7-13-24(30)33(38)39/h7,9,11-13,17,22,29,36H,6,8,10,14-16,18-19H2,1-5H3,(H,38,39)/b21-11+. The van der Waals surface area contributed by atoms with E-state index in [9.17, 15) is 19.8 Å². The van der Waals surface area contributed by atoms with Crippen LogP contribution in [0.4, 0.5) is 5.69 Å². The van der Waals surface area contributed by atoms with E-state index in [0.29, 0.717) is 35.6 Å². The number of amides is 1. The number of methoxy groups -OCH3 is 1. The van der Waals surface area contributed by atoms with Crippen LogP contribution in [-0.2, 0) is 13.0 Å². The van der Waals surface area contributed by atoms with Gasteiger partial charge in [0.05, 0.1) is 36.6 Å². The molecule has 7 heteroatoms. The van der Waals surface area contributed by atoms with E-state index < -0.39 is 17.7 Å². The molecule has 41 heavy (non-hydrogen) atoms. The maximum absolute atomic E-state index is 13.9. The first-order valence-electron chi connectivity index (χ1n) is 14.6. The summed E-state index contributed by atoms with van der Waals surface area (Å²) >= 11 is 0. The number of benzene rings is 2. The zero-order chi connectivity index (χ0) is 29.5. The Balaban J connectivity index is 1.46. The summed E-state index contributed by atoms with van der Waals surface area (Å²) in [5.41, 5.74) is 5.21. The van der Waals surface area contributed by atoms with Crippen molar-refractivity contribution >= 4 is 17.6 Å². The summed E-state index contributed by atoms with van der Waals surface area (Å²) < 4.78 is 12.3. The molecule has 1 saturated carbocycles. The van der Waals surface area contributed by atoms with E-state index in [2.05, 4.69) is 32.9 Å². The van der Waals surface area contributed by atoms with Gasteiger partial charge in [0.15, 0.2) is 0 Å². The summed E-state index contributed by atoms with van der Waals surface area (Å²) in [6.07, 6.45) is 9.41. The van der Waals surface area contributed by atoms with Crippen molar-refractivity contribution in [2.45, 2.75) is 96.8 Å². The maximum atomic E-state index is 13.9.